The van der Waals surface area contributed by atoms with Crippen molar-refractivity contribution in [2.24, 2.45) is 0 Å². The molecule has 1 unspecified atom stereocenters. The van der Waals surface area contributed by atoms with E-state index in [4.69, 9.17) is 30.2 Å². The zero-order valence-electron chi connectivity index (χ0n) is 23.2. The standard InChI is InChI=1S/C30H33ClIN3O4Si/c1-29(2,3)40(19-12-8-6-9-13-19,20-14-10-7-11-15-20)36-18-22-23-24(39-30(4,5)38-23)27(37-22)35-17-16-21-25(31)33-28(32)34-26(21)35/h6-17,22-24,27H,18H2,1-5H3/t22?,23-,24-,27-/m1/s1. The molecule has 2 fully saturated rings. The zero-order valence-corrected chi connectivity index (χ0v) is 27.1. The van der Waals surface area contributed by atoms with Crippen LogP contribution in [0.15, 0.2) is 72.9 Å². The van der Waals surface area contributed by atoms with E-state index in [1.165, 1.54) is 10.4 Å². The molecule has 0 radical (unpaired) electrons. The normalized spacial score (nSPS) is 24.5. The summed E-state index contributed by atoms with van der Waals surface area (Å²) in [7, 11) is -2.77. The number of benzene rings is 2. The second kappa shape index (κ2) is 10.4. The minimum atomic E-state index is -2.77. The Labute approximate surface area is 254 Å². The molecule has 10 heteroatoms. The fourth-order valence-electron chi connectivity index (χ4n) is 6.16. The number of hydrogen-bond donors (Lipinski definition) is 0. The highest BCUT2D eigenvalue weighted by Crippen LogP contribution is 2.45. The first-order valence-electron chi connectivity index (χ1n) is 13.5. The molecule has 2 saturated heterocycles. The quantitative estimate of drug-likeness (QED) is 0.112. The van der Waals surface area contributed by atoms with Crippen LogP contribution in [0.4, 0.5) is 0 Å². The summed E-state index contributed by atoms with van der Waals surface area (Å²) in [6.45, 7) is 11.1. The van der Waals surface area contributed by atoms with Crippen LogP contribution in [0.2, 0.25) is 10.2 Å². The molecule has 2 aromatic carbocycles. The van der Waals surface area contributed by atoms with E-state index in [1.54, 1.807) is 0 Å². The smallest absolute Gasteiger partial charge is 0.261 e. The van der Waals surface area contributed by atoms with Gasteiger partial charge in [-0.25, -0.2) is 9.97 Å². The minimum absolute atomic E-state index is 0.152. The lowest BCUT2D eigenvalue weighted by Crippen LogP contribution is -2.67. The van der Waals surface area contributed by atoms with Gasteiger partial charge in [0.2, 0.25) is 0 Å². The highest BCUT2D eigenvalue weighted by Gasteiger charge is 2.58. The second-order valence-corrected chi connectivity index (χ2v) is 17.5. The van der Waals surface area contributed by atoms with E-state index in [0.29, 0.717) is 21.2 Å². The van der Waals surface area contributed by atoms with E-state index >= 15 is 0 Å². The first-order chi connectivity index (χ1) is 19.0. The summed E-state index contributed by atoms with van der Waals surface area (Å²) in [6, 6.07) is 23.2. The molecule has 0 saturated carbocycles. The average molecular weight is 690 g/mol. The maximum Gasteiger partial charge on any atom is 0.261 e. The van der Waals surface area contributed by atoms with Gasteiger partial charge >= 0.3 is 0 Å². The third-order valence-electron chi connectivity index (χ3n) is 7.78. The maximum atomic E-state index is 7.24. The number of fused-ring (bicyclic) bond motifs is 2. The van der Waals surface area contributed by atoms with Crippen LogP contribution in [0.25, 0.3) is 11.0 Å². The zero-order chi connectivity index (χ0) is 28.3. The Hall–Kier alpha value is -1.86. The van der Waals surface area contributed by atoms with Crippen LogP contribution in [0, 0.1) is 3.83 Å². The monoisotopic (exact) mass is 689 g/mol. The van der Waals surface area contributed by atoms with Crippen molar-refractivity contribution in [1.82, 2.24) is 14.5 Å². The number of halogens is 2. The largest absolute Gasteiger partial charge is 0.405 e. The summed E-state index contributed by atoms with van der Waals surface area (Å²) in [5.41, 5.74) is 0.704. The van der Waals surface area contributed by atoms with Gasteiger partial charge in [-0.2, -0.15) is 0 Å². The van der Waals surface area contributed by atoms with Crippen molar-refractivity contribution in [3.8, 4) is 0 Å². The fraction of sp³-hybridized carbons (Fsp3) is 0.400. The molecule has 0 aliphatic carbocycles. The van der Waals surface area contributed by atoms with Gasteiger partial charge in [0.25, 0.3) is 8.32 Å². The summed E-state index contributed by atoms with van der Waals surface area (Å²) in [4.78, 5) is 8.97. The molecule has 6 rings (SSSR count). The molecule has 2 aliphatic rings. The predicted octanol–water partition coefficient (Wildman–Crippen LogP) is 5.68. The summed E-state index contributed by atoms with van der Waals surface area (Å²) in [6.07, 6.45) is 0.464. The Kier molecular flexibility index (Phi) is 7.38. The van der Waals surface area contributed by atoms with Gasteiger partial charge in [-0.1, -0.05) is 93.0 Å². The van der Waals surface area contributed by atoms with E-state index in [0.717, 1.165) is 5.39 Å². The number of ether oxygens (including phenoxy) is 3. The highest BCUT2D eigenvalue weighted by atomic mass is 127. The predicted molar refractivity (Wildman–Crippen MR) is 167 cm³/mol. The molecule has 0 spiro atoms. The van der Waals surface area contributed by atoms with Crippen LogP contribution in [0.1, 0.15) is 40.8 Å². The lowest BCUT2D eigenvalue weighted by atomic mass is 10.1. The lowest BCUT2D eigenvalue weighted by molar-refractivity contribution is -0.199. The summed E-state index contributed by atoms with van der Waals surface area (Å²) < 4.78 is 29.4. The first kappa shape index (κ1) is 28.3. The summed E-state index contributed by atoms with van der Waals surface area (Å²) >= 11 is 8.52. The molecule has 2 aliphatic heterocycles. The van der Waals surface area contributed by atoms with Crippen molar-refractivity contribution in [2.75, 3.05) is 6.61 Å². The summed E-state index contributed by atoms with van der Waals surface area (Å²) in [5.74, 6) is -0.753. The maximum absolute atomic E-state index is 7.24. The molecule has 4 heterocycles. The Balaban J connectivity index is 1.38. The van der Waals surface area contributed by atoms with Crippen molar-refractivity contribution in [2.45, 2.75) is 70.0 Å². The Morgan fingerprint density at radius 1 is 0.950 bits per heavy atom. The van der Waals surface area contributed by atoms with Gasteiger partial charge < -0.3 is 23.2 Å². The molecule has 210 valence electrons. The molecule has 0 amide bonds. The third kappa shape index (κ3) is 4.83. The van der Waals surface area contributed by atoms with E-state index in [9.17, 15) is 0 Å². The van der Waals surface area contributed by atoms with Crippen LogP contribution in [-0.2, 0) is 18.6 Å². The van der Waals surface area contributed by atoms with Crippen LogP contribution in [0.5, 0.6) is 0 Å². The van der Waals surface area contributed by atoms with E-state index in [1.807, 2.05) is 30.7 Å². The molecule has 7 nitrogen and oxygen atoms in total. The number of nitrogens with zero attached hydrogens (tertiary/aromatic N) is 3. The molecule has 2 aromatic heterocycles. The van der Waals surface area contributed by atoms with Gasteiger partial charge in [-0.05, 0) is 35.3 Å². The van der Waals surface area contributed by atoms with E-state index in [2.05, 4.69) is 114 Å². The fourth-order valence-corrected chi connectivity index (χ4v) is 11.6. The minimum Gasteiger partial charge on any atom is -0.405 e. The van der Waals surface area contributed by atoms with Crippen LogP contribution < -0.4 is 10.4 Å². The Bertz CT molecular complexity index is 1470. The van der Waals surface area contributed by atoms with E-state index < -0.39 is 20.3 Å². The van der Waals surface area contributed by atoms with Gasteiger partial charge in [0.15, 0.2) is 15.8 Å². The topological polar surface area (TPSA) is 67.6 Å². The van der Waals surface area contributed by atoms with Gasteiger partial charge in [0, 0.05) is 28.8 Å². The van der Waals surface area contributed by atoms with Crippen molar-refractivity contribution in [3.63, 3.8) is 0 Å². The molecular formula is C30H33ClIN3O4Si. The van der Waals surface area contributed by atoms with Crippen molar-refractivity contribution in [1.29, 1.82) is 0 Å². The Morgan fingerprint density at radius 2 is 1.55 bits per heavy atom. The molecule has 0 N–H and O–H groups in total. The number of rotatable bonds is 6. The molecule has 4 atom stereocenters. The molecular weight excluding hydrogens is 657 g/mol. The Morgan fingerprint density at radius 3 is 2.15 bits per heavy atom. The van der Waals surface area contributed by atoms with Crippen molar-refractivity contribution in [3.05, 3.63) is 81.9 Å². The third-order valence-corrected chi connectivity index (χ3v) is 13.6. The van der Waals surface area contributed by atoms with Gasteiger partial charge in [0.1, 0.15) is 29.1 Å². The van der Waals surface area contributed by atoms with Gasteiger partial charge in [0.05, 0.1) is 12.0 Å². The van der Waals surface area contributed by atoms with E-state index in [-0.39, 0.29) is 23.4 Å². The number of hydrogen-bond acceptors (Lipinski definition) is 6. The van der Waals surface area contributed by atoms with Crippen LogP contribution >= 0.6 is 34.2 Å². The van der Waals surface area contributed by atoms with Crippen LogP contribution in [-0.4, -0.2) is 53.6 Å². The highest BCUT2D eigenvalue weighted by molar-refractivity contribution is 14.1. The molecule has 4 aromatic rings. The average Bonchev–Trinajstić information content (AvgIpc) is 3.56. The van der Waals surface area contributed by atoms with Gasteiger partial charge in [-0.3, -0.25) is 0 Å². The SMILES string of the molecule is CC1(C)O[C@@H]2[C@H](O1)C(CO[Si](c1ccccc1)(c1ccccc1)C(C)(C)C)O[C@H]2n1ccc2c(Cl)nc(I)nc21. The summed E-state index contributed by atoms with van der Waals surface area (Å²) in [5, 5.41) is 3.48. The van der Waals surface area contributed by atoms with Crippen LogP contribution in [0.3, 0.4) is 0 Å². The van der Waals surface area contributed by atoms with Crippen molar-refractivity contribution < 1.29 is 18.6 Å². The molecule has 40 heavy (non-hydrogen) atoms. The number of aromatic nitrogens is 3. The van der Waals surface area contributed by atoms with Crippen molar-refractivity contribution >= 4 is 63.9 Å². The van der Waals surface area contributed by atoms with Gasteiger partial charge in [-0.15, -0.1) is 0 Å². The second-order valence-electron chi connectivity index (χ2n) is 11.8. The first-order valence-corrected chi connectivity index (χ1v) is 16.8. The lowest BCUT2D eigenvalue weighted by Gasteiger charge is -2.43. The molecule has 0 bridgehead atoms.